The third-order valence-corrected chi connectivity index (χ3v) is 3.19. The number of carbonyl (C=O) groups excluding carboxylic acids is 1. The van der Waals surface area contributed by atoms with Crippen molar-refractivity contribution in [3.8, 4) is 0 Å². The fourth-order valence-electron chi connectivity index (χ4n) is 1.88. The second-order valence-corrected chi connectivity index (χ2v) is 4.96. The van der Waals surface area contributed by atoms with Gasteiger partial charge in [-0.2, -0.15) is 12.6 Å². The van der Waals surface area contributed by atoms with Gasteiger partial charge in [0.15, 0.2) is 0 Å². The number of nitrogens with one attached hydrogen (secondary N) is 2. The lowest BCUT2D eigenvalue weighted by Gasteiger charge is -2.11. The summed E-state index contributed by atoms with van der Waals surface area (Å²) in [7, 11) is 0. The van der Waals surface area contributed by atoms with E-state index in [0.717, 1.165) is 0 Å². The van der Waals surface area contributed by atoms with E-state index in [1.807, 2.05) is 0 Å². The SMILES string of the molecule is Cl.O=C(O)c1cccc(NC(=O)[C@H]2C[C@@H](S)CN2)c1. The maximum absolute atomic E-state index is 11.9. The molecule has 3 N–H and O–H groups in total. The third-order valence-electron chi connectivity index (χ3n) is 2.80. The van der Waals surface area contributed by atoms with E-state index in [-0.39, 0.29) is 35.2 Å². The highest BCUT2D eigenvalue weighted by atomic mass is 35.5. The lowest BCUT2D eigenvalue weighted by Crippen LogP contribution is -2.35. The number of carbonyl (C=O) groups is 2. The van der Waals surface area contributed by atoms with E-state index in [1.165, 1.54) is 12.1 Å². The van der Waals surface area contributed by atoms with Crippen LogP contribution >= 0.6 is 25.0 Å². The van der Waals surface area contributed by atoms with Gasteiger partial charge in [0.25, 0.3) is 0 Å². The predicted molar refractivity (Wildman–Crippen MR) is 78.5 cm³/mol. The smallest absolute Gasteiger partial charge is 0.335 e. The molecule has 2 atom stereocenters. The van der Waals surface area contributed by atoms with E-state index in [4.69, 9.17) is 5.11 Å². The van der Waals surface area contributed by atoms with Crippen molar-refractivity contribution in [3.05, 3.63) is 29.8 Å². The number of hydrogen-bond acceptors (Lipinski definition) is 4. The van der Waals surface area contributed by atoms with Crippen LogP contribution in [0.25, 0.3) is 0 Å². The summed E-state index contributed by atoms with van der Waals surface area (Å²) in [5.41, 5.74) is 0.642. The lowest BCUT2D eigenvalue weighted by molar-refractivity contribution is -0.117. The molecule has 1 aromatic rings. The molecule has 1 heterocycles. The Hall–Kier alpha value is -1.24. The number of rotatable bonds is 3. The first-order valence-corrected chi connectivity index (χ1v) is 6.13. The Bertz CT molecular complexity index is 484. The second-order valence-electron chi connectivity index (χ2n) is 4.23. The van der Waals surface area contributed by atoms with Crippen LogP contribution in [0.15, 0.2) is 24.3 Å². The predicted octanol–water partition coefficient (Wildman–Crippen LogP) is 1.41. The highest BCUT2D eigenvalue weighted by Crippen LogP contribution is 2.15. The topological polar surface area (TPSA) is 78.4 Å². The number of amides is 1. The van der Waals surface area contributed by atoms with Crippen molar-refractivity contribution < 1.29 is 14.7 Å². The Balaban J connectivity index is 0.00000180. The van der Waals surface area contributed by atoms with E-state index in [0.29, 0.717) is 18.7 Å². The molecule has 0 radical (unpaired) electrons. The summed E-state index contributed by atoms with van der Waals surface area (Å²) in [6.45, 7) is 0.705. The molecule has 1 aliphatic heterocycles. The van der Waals surface area contributed by atoms with Crippen LogP contribution in [0.2, 0.25) is 0 Å². The van der Waals surface area contributed by atoms with Crippen molar-refractivity contribution >= 4 is 42.6 Å². The van der Waals surface area contributed by atoms with Crippen LogP contribution in [0.5, 0.6) is 0 Å². The van der Waals surface area contributed by atoms with Gasteiger partial charge in [0.1, 0.15) is 0 Å². The van der Waals surface area contributed by atoms with Gasteiger partial charge in [0, 0.05) is 17.5 Å². The van der Waals surface area contributed by atoms with Gasteiger partial charge in [-0.25, -0.2) is 4.79 Å². The fraction of sp³-hybridized carbons (Fsp3) is 0.333. The molecular weight excluding hydrogens is 288 g/mol. The molecule has 0 saturated carbocycles. The highest BCUT2D eigenvalue weighted by Gasteiger charge is 2.27. The minimum atomic E-state index is -1.01. The lowest BCUT2D eigenvalue weighted by atomic mass is 10.2. The number of benzene rings is 1. The summed E-state index contributed by atoms with van der Waals surface area (Å²) in [5, 5.41) is 14.8. The molecule has 104 valence electrons. The molecule has 1 aliphatic rings. The Morgan fingerprint density at radius 2 is 2.16 bits per heavy atom. The summed E-state index contributed by atoms with van der Waals surface area (Å²) in [6.07, 6.45) is 0.674. The molecule has 5 nitrogen and oxygen atoms in total. The van der Waals surface area contributed by atoms with E-state index >= 15 is 0 Å². The summed E-state index contributed by atoms with van der Waals surface area (Å²) in [5.74, 6) is -1.17. The minimum absolute atomic E-state index is 0. The van der Waals surface area contributed by atoms with Gasteiger partial charge in [-0.15, -0.1) is 12.4 Å². The molecule has 0 spiro atoms. The van der Waals surface area contributed by atoms with Gasteiger partial charge in [-0.05, 0) is 24.6 Å². The van der Waals surface area contributed by atoms with Gasteiger partial charge in [-0.1, -0.05) is 6.07 Å². The first-order chi connectivity index (χ1) is 8.56. The molecule has 7 heteroatoms. The average Bonchev–Trinajstić information content (AvgIpc) is 2.76. The number of hydrogen-bond donors (Lipinski definition) is 4. The second kappa shape index (κ2) is 6.79. The van der Waals surface area contributed by atoms with Crippen LogP contribution in [-0.4, -0.2) is 34.8 Å². The van der Waals surface area contributed by atoms with Gasteiger partial charge in [0.2, 0.25) is 5.91 Å². The van der Waals surface area contributed by atoms with Crippen LogP contribution in [0.3, 0.4) is 0 Å². The molecule has 1 aromatic carbocycles. The minimum Gasteiger partial charge on any atom is -0.478 e. The number of carboxylic acids is 1. The average molecular weight is 303 g/mol. The summed E-state index contributed by atoms with van der Waals surface area (Å²) >= 11 is 4.30. The van der Waals surface area contributed by atoms with Crippen LogP contribution < -0.4 is 10.6 Å². The number of carboxylic acid groups (broad SMARTS) is 1. The molecular formula is C12H15ClN2O3S. The van der Waals surface area contributed by atoms with Crippen molar-refractivity contribution in [2.24, 2.45) is 0 Å². The standard InChI is InChI=1S/C12H14N2O3S.ClH/c15-11(10-5-9(18)6-13-10)14-8-3-1-2-7(4-8)12(16)17;/h1-4,9-10,13,18H,5-6H2,(H,14,15)(H,16,17);1H/t9-,10-;/m1./s1. The zero-order valence-corrected chi connectivity index (χ0v) is 11.7. The van der Waals surface area contributed by atoms with E-state index < -0.39 is 5.97 Å². The molecule has 1 saturated heterocycles. The number of anilines is 1. The van der Waals surface area contributed by atoms with Crippen LogP contribution in [-0.2, 0) is 4.79 Å². The monoisotopic (exact) mass is 302 g/mol. The molecule has 0 bridgehead atoms. The van der Waals surface area contributed by atoms with Crippen LogP contribution in [0.1, 0.15) is 16.8 Å². The molecule has 19 heavy (non-hydrogen) atoms. The third kappa shape index (κ3) is 4.12. The molecule has 1 amide bonds. The Kier molecular flexibility index (Phi) is 5.65. The number of thiol groups is 1. The number of halogens is 1. The van der Waals surface area contributed by atoms with E-state index in [9.17, 15) is 9.59 Å². The molecule has 2 rings (SSSR count). The maximum Gasteiger partial charge on any atom is 0.335 e. The Morgan fingerprint density at radius 1 is 1.42 bits per heavy atom. The Labute approximate surface area is 122 Å². The van der Waals surface area contributed by atoms with Crippen molar-refractivity contribution in [1.29, 1.82) is 0 Å². The van der Waals surface area contributed by atoms with Crippen LogP contribution in [0.4, 0.5) is 5.69 Å². The van der Waals surface area contributed by atoms with Gasteiger partial charge in [-0.3, -0.25) is 4.79 Å². The quantitative estimate of drug-likeness (QED) is 0.637. The first kappa shape index (κ1) is 15.8. The van der Waals surface area contributed by atoms with Gasteiger partial charge >= 0.3 is 5.97 Å². The Morgan fingerprint density at radius 3 is 2.74 bits per heavy atom. The number of aromatic carboxylic acids is 1. The van der Waals surface area contributed by atoms with Gasteiger partial charge < -0.3 is 15.7 Å². The summed E-state index contributed by atoms with van der Waals surface area (Å²) in [4.78, 5) is 22.7. The molecule has 0 aromatic heterocycles. The van der Waals surface area contributed by atoms with E-state index in [1.54, 1.807) is 12.1 Å². The first-order valence-electron chi connectivity index (χ1n) is 5.62. The van der Waals surface area contributed by atoms with E-state index in [2.05, 4.69) is 23.3 Å². The largest absolute Gasteiger partial charge is 0.478 e. The van der Waals surface area contributed by atoms with Crippen molar-refractivity contribution in [2.45, 2.75) is 17.7 Å². The van der Waals surface area contributed by atoms with Crippen molar-refractivity contribution in [2.75, 3.05) is 11.9 Å². The maximum atomic E-state index is 11.9. The summed E-state index contributed by atoms with van der Waals surface area (Å²) < 4.78 is 0. The normalized spacial score (nSPS) is 21.5. The van der Waals surface area contributed by atoms with Gasteiger partial charge in [0.05, 0.1) is 11.6 Å². The zero-order chi connectivity index (χ0) is 13.1. The molecule has 1 fully saturated rings. The van der Waals surface area contributed by atoms with Crippen molar-refractivity contribution in [1.82, 2.24) is 5.32 Å². The van der Waals surface area contributed by atoms with Crippen LogP contribution in [0, 0.1) is 0 Å². The zero-order valence-electron chi connectivity index (χ0n) is 10.00. The fourth-order valence-corrected chi connectivity index (χ4v) is 2.19. The summed E-state index contributed by atoms with van der Waals surface area (Å²) in [6, 6.07) is 5.92. The molecule has 0 aliphatic carbocycles. The highest BCUT2D eigenvalue weighted by molar-refractivity contribution is 7.81. The molecule has 0 unspecified atom stereocenters. The van der Waals surface area contributed by atoms with Crippen molar-refractivity contribution in [3.63, 3.8) is 0 Å².